The van der Waals surface area contributed by atoms with E-state index in [1.165, 1.54) is 59.2 Å². The summed E-state index contributed by atoms with van der Waals surface area (Å²) in [5, 5.41) is 10.8. The molecule has 3 aromatic carbocycles. The van der Waals surface area contributed by atoms with E-state index < -0.39 is 29.5 Å². The zero-order valence-electron chi connectivity index (χ0n) is 18.9. The van der Waals surface area contributed by atoms with Crippen molar-refractivity contribution in [3.63, 3.8) is 0 Å². The van der Waals surface area contributed by atoms with E-state index in [4.69, 9.17) is 4.74 Å². The van der Waals surface area contributed by atoms with E-state index in [2.05, 4.69) is 15.6 Å². The van der Waals surface area contributed by atoms with Crippen molar-refractivity contribution < 1.29 is 23.1 Å². The minimum atomic E-state index is -1.21. The minimum Gasteiger partial charge on any atom is -0.383 e. The van der Waals surface area contributed by atoms with Crippen molar-refractivity contribution in [2.75, 3.05) is 25.2 Å². The highest BCUT2D eigenvalue weighted by Gasteiger charge is 2.33. The molecule has 0 bridgehead atoms. The molecule has 0 aliphatic rings. The van der Waals surface area contributed by atoms with Crippen LogP contribution in [-0.4, -0.2) is 47.1 Å². The van der Waals surface area contributed by atoms with Crippen molar-refractivity contribution in [3.8, 4) is 0 Å². The molecule has 10 heteroatoms. The van der Waals surface area contributed by atoms with Gasteiger partial charge >= 0.3 is 0 Å². The third-order valence-corrected chi connectivity index (χ3v) is 5.36. The second-order valence-electron chi connectivity index (χ2n) is 7.72. The largest absolute Gasteiger partial charge is 0.383 e. The van der Waals surface area contributed by atoms with Gasteiger partial charge in [-0.15, -0.1) is 5.10 Å². The van der Waals surface area contributed by atoms with E-state index in [1.807, 2.05) is 0 Å². The molecular formula is C25H23F2N5O3. The van der Waals surface area contributed by atoms with Gasteiger partial charge in [-0.3, -0.25) is 14.5 Å². The van der Waals surface area contributed by atoms with Gasteiger partial charge in [-0.2, -0.15) is 0 Å². The lowest BCUT2D eigenvalue weighted by molar-refractivity contribution is -0.127. The Bertz CT molecular complexity index is 1330. The maximum absolute atomic E-state index is 14.2. The normalized spacial score (nSPS) is 11.9. The molecule has 2 amide bonds. The van der Waals surface area contributed by atoms with Gasteiger partial charge in [0.2, 0.25) is 11.8 Å². The van der Waals surface area contributed by atoms with Crippen molar-refractivity contribution in [1.29, 1.82) is 0 Å². The number of anilines is 1. The first-order valence-corrected chi connectivity index (χ1v) is 10.9. The molecule has 1 aromatic heterocycles. The van der Waals surface area contributed by atoms with E-state index in [9.17, 15) is 18.4 Å². The first-order chi connectivity index (χ1) is 17.0. The Hall–Kier alpha value is -4.18. The lowest BCUT2D eigenvalue weighted by atomic mass is 10.0. The van der Waals surface area contributed by atoms with Crippen LogP contribution in [0.5, 0.6) is 0 Å². The molecule has 0 saturated carbocycles. The molecule has 1 heterocycles. The van der Waals surface area contributed by atoms with Crippen molar-refractivity contribution in [1.82, 2.24) is 20.3 Å². The molecule has 0 fully saturated rings. The maximum Gasteiger partial charge on any atom is 0.249 e. The SMILES string of the molecule is COCCNC(=O)[C@@H](c1ccc(F)cc1)N(C(=O)Cn1nnc2ccccc21)c1cccc(F)c1. The van der Waals surface area contributed by atoms with Gasteiger partial charge in [0, 0.05) is 19.3 Å². The summed E-state index contributed by atoms with van der Waals surface area (Å²) in [7, 11) is 1.49. The number of benzene rings is 3. The second kappa shape index (κ2) is 10.8. The summed E-state index contributed by atoms with van der Waals surface area (Å²) in [4.78, 5) is 28.2. The quantitative estimate of drug-likeness (QED) is 0.373. The van der Waals surface area contributed by atoms with Gasteiger partial charge in [-0.05, 0) is 48.0 Å². The lowest BCUT2D eigenvalue weighted by Gasteiger charge is -2.31. The smallest absolute Gasteiger partial charge is 0.249 e. The Morgan fingerprint density at radius 1 is 1.03 bits per heavy atom. The van der Waals surface area contributed by atoms with E-state index in [-0.39, 0.29) is 25.4 Å². The fraction of sp³-hybridized carbons (Fsp3) is 0.200. The Kier molecular flexibility index (Phi) is 7.41. The summed E-state index contributed by atoms with van der Waals surface area (Å²) < 4.78 is 34.3. The predicted octanol–water partition coefficient (Wildman–Crippen LogP) is 3.25. The van der Waals surface area contributed by atoms with E-state index in [1.54, 1.807) is 24.3 Å². The van der Waals surface area contributed by atoms with Crippen molar-refractivity contribution in [3.05, 3.63) is 90.0 Å². The van der Waals surface area contributed by atoms with Crippen molar-refractivity contribution in [2.45, 2.75) is 12.6 Å². The average molecular weight is 479 g/mol. The molecule has 0 aliphatic carbocycles. The van der Waals surface area contributed by atoms with E-state index in [0.717, 1.165) is 6.07 Å². The van der Waals surface area contributed by atoms with Gasteiger partial charge in [0.25, 0.3) is 0 Å². The number of aromatic nitrogens is 3. The number of para-hydroxylation sites is 1. The number of hydrogen-bond donors (Lipinski definition) is 1. The van der Waals surface area contributed by atoms with Gasteiger partial charge in [0.15, 0.2) is 0 Å². The number of methoxy groups -OCH3 is 1. The summed E-state index contributed by atoms with van der Waals surface area (Å²) in [6.45, 7) is 0.173. The number of ether oxygens (including phenoxy) is 1. The molecule has 4 aromatic rings. The number of fused-ring (bicyclic) bond motifs is 1. The number of rotatable bonds is 9. The molecule has 8 nitrogen and oxygen atoms in total. The summed E-state index contributed by atoms with van der Waals surface area (Å²) in [6.07, 6.45) is 0. The average Bonchev–Trinajstić information content (AvgIpc) is 3.26. The molecule has 0 saturated heterocycles. The fourth-order valence-corrected chi connectivity index (χ4v) is 3.74. The molecule has 0 spiro atoms. The van der Waals surface area contributed by atoms with Gasteiger partial charge in [0.05, 0.1) is 12.1 Å². The standard InChI is InChI=1S/C25H23F2N5O3/c1-35-14-13-28-25(34)24(17-9-11-18(26)12-10-17)32(20-6-4-5-19(27)15-20)23(33)16-31-22-8-3-2-7-21(22)29-30-31/h2-12,15,24H,13-14,16H2,1H3,(H,28,34)/t24-/m1/s1. The second-order valence-corrected chi connectivity index (χ2v) is 7.72. The van der Waals surface area contributed by atoms with Crippen LogP contribution in [0.4, 0.5) is 14.5 Å². The summed E-state index contributed by atoms with van der Waals surface area (Å²) in [5.74, 6) is -2.15. The monoisotopic (exact) mass is 479 g/mol. The van der Waals surface area contributed by atoms with Crippen LogP contribution in [0.1, 0.15) is 11.6 Å². The molecule has 0 radical (unpaired) electrons. The van der Waals surface area contributed by atoms with Crippen molar-refractivity contribution >= 4 is 28.5 Å². The van der Waals surface area contributed by atoms with Crippen LogP contribution in [0.3, 0.4) is 0 Å². The summed E-state index contributed by atoms with van der Waals surface area (Å²) in [6, 6.07) is 16.5. The number of carbonyl (C=O) groups is 2. The maximum atomic E-state index is 14.2. The highest BCUT2D eigenvalue weighted by Crippen LogP contribution is 2.29. The lowest BCUT2D eigenvalue weighted by Crippen LogP contribution is -2.46. The van der Waals surface area contributed by atoms with Crippen LogP contribution < -0.4 is 10.2 Å². The van der Waals surface area contributed by atoms with Crippen LogP contribution in [0.2, 0.25) is 0 Å². The molecule has 4 rings (SSSR count). The van der Waals surface area contributed by atoms with Crippen LogP contribution >= 0.6 is 0 Å². The first kappa shape index (κ1) is 24.0. The number of carbonyl (C=O) groups excluding carboxylic acids is 2. The van der Waals surface area contributed by atoms with Gasteiger partial charge in [-0.25, -0.2) is 13.5 Å². The minimum absolute atomic E-state index is 0.163. The zero-order valence-corrected chi connectivity index (χ0v) is 18.9. The Balaban J connectivity index is 1.77. The Morgan fingerprint density at radius 2 is 1.80 bits per heavy atom. The highest BCUT2D eigenvalue weighted by atomic mass is 19.1. The topological polar surface area (TPSA) is 89.4 Å². The first-order valence-electron chi connectivity index (χ1n) is 10.9. The fourth-order valence-electron chi connectivity index (χ4n) is 3.74. The van der Waals surface area contributed by atoms with Crippen LogP contribution in [0, 0.1) is 11.6 Å². The number of nitrogens with zero attached hydrogens (tertiary/aromatic N) is 4. The molecule has 1 N–H and O–H groups in total. The highest BCUT2D eigenvalue weighted by molar-refractivity contribution is 6.01. The predicted molar refractivity (Wildman–Crippen MR) is 125 cm³/mol. The molecule has 0 unspecified atom stereocenters. The van der Waals surface area contributed by atoms with Gasteiger partial charge < -0.3 is 10.1 Å². The summed E-state index contributed by atoms with van der Waals surface area (Å²) >= 11 is 0. The number of nitrogens with one attached hydrogen (secondary N) is 1. The van der Waals surface area contributed by atoms with E-state index >= 15 is 0 Å². The summed E-state index contributed by atoms with van der Waals surface area (Å²) in [5.41, 5.74) is 1.74. The third kappa shape index (κ3) is 5.49. The number of amides is 2. The third-order valence-electron chi connectivity index (χ3n) is 5.36. The zero-order chi connectivity index (χ0) is 24.8. The van der Waals surface area contributed by atoms with Crippen LogP contribution in [0.25, 0.3) is 11.0 Å². The van der Waals surface area contributed by atoms with Crippen LogP contribution in [0.15, 0.2) is 72.8 Å². The Labute approximate surface area is 200 Å². The molecule has 1 atom stereocenters. The Morgan fingerprint density at radius 3 is 2.54 bits per heavy atom. The molecule has 0 aliphatic heterocycles. The molecular weight excluding hydrogens is 456 g/mol. The molecule has 35 heavy (non-hydrogen) atoms. The van der Waals surface area contributed by atoms with Crippen LogP contribution in [-0.2, 0) is 20.9 Å². The van der Waals surface area contributed by atoms with E-state index in [0.29, 0.717) is 16.6 Å². The van der Waals surface area contributed by atoms with Gasteiger partial charge in [-0.1, -0.05) is 35.5 Å². The van der Waals surface area contributed by atoms with Crippen molar-refractivity contribution in [2.24, 2.45) is 0 Å². The number of halogens is 2. The molecule has 180 valence electrons. The van der Waals surface area contributed by atoms with Gasteiger partial charge in [0.1, 0.15) is 29.7 Å². The number of hydrogen-bond acceptors (Lipinski definition) is 5.